The number of hydrogen-bond donors (Lipinski definition) is 1. The lowest BCUT2D eigenvalue weighted by atomic mass is 10.2. The molecule has 0 bridgehead atoms. The SMILES string of the molecule is CCC(C(=O)NCc1ccc(-c2cccc(Cl)c2)o1)n1cccn1. The van der Waals surface area contributed by atoms with Crippen LogP contribution >= 0.6 is 11.6 Å². The van der Waals surface area contributed by atoms with Gasteiger partial charge in [-0.15, -0.1) is 0 Å². The van der Waals surface area contributed by atoms with E-state index >= 15 is 0 Å². The lowest BCUT2D eigenvalue weighted by Crippen LogP contribution is -2.32. The Morgan fingerprint density at radius 2 is 2.21 bits per heavy atom. The van der Waals surface area contributed by atoms with Gasteiger partial charge in [0.2, 0.25) is 5.91 Å². The zero-order valence-corrected chi connectivity index (χ0v) is 14.0. The average Bonchev–Trinajstić information content (AvgIpc) is 3.26. The van der Waals surface area contributed by atoms with Gasteiger partial charge >= 0.3 is 0 Å². The zero-order valence-electron chi connectivity index (χ0n) is 13.3. The van der Waals surface area contributed by atoms with Gasteiger partial charge < -0.3 is 9.73 Å². The van der Waals surface area contributed by atoms with Crippen LogP contribution in [0, 0.1) is 0 Å². The first-order valence-corrected chi connectivity index (χ1v) is 8.16. The summed E-state index contributed by atoms with van der Waals surface area (Å²) in [6.07, 6.45) is 4.12. The van der Waals surface area contributed by atoms with Gasteiger partial charge in [-0.25, -0.2) is 0 Å². The second-order valence-corrected chi connectivity index (χ2v) is 5.84. The molecule has 0 saturated heterocycles. The first kappa shape index (κ1) is 16.3. The summed E-state index contributed by atoms with van der Waals surface area (Å²) < 4.78 is 7.44. The second kappa shape index (κ2) is 7.36. The summed E-state index contributed by atoms with van der Waals surface area (Å²) in [6.45, 7) is 2.28. The molecule has 3 rings (SSSR count). The van der Waals surface area contributed by atoms with Crippen LogP contribution in [0.5, 0.6) is 0 Å². The molecule has 2 heterocycles. The van der Waals surface area contributed by atoms with Gasteiger partial charge in [0, 0.05) is 23.0 Å². The van der Waals surface area contributed by atoms with Crippen LogP contribution < -0.4 is 5.32 Å². The second-order valence-electron chi connectivity index (χ2n) is 5.40. The molecule has 1 amide bonds. The van der Waals surface area contributed by atoms with Crippen molar-refractivity contribution in [1.29, 1.82) is 0 Å². The summed E-state index contributed by atoms with van der Waals surface area (Å²) in [5, 5.41) is 7.69. The maximum atomic E-state index is 12.3. The number of nitrogens with zero attached hydrogens (tertiary/aromatic N) is 2. The van der Waals surface area contributed by atoms with E-state index in [0.717, 1.165) is 11.3 Å². The van der Waals surface area contributed by atoms with Gasteiger partial charge in [-0.2, -0.15) is 5.10 Å². The first-order chi connectivity index (χ1) is 11.7. The Balaban J connectivity index is 1.64. The molecule has 1 aromatic carbocycles. The minimum absolute atomic E-state index is 0.0816. The number of hydrogen-bond acceptors (Lipinski definition) is 3. The molecule has 0 aliphatic rings. The average molecular weight is 344 g/mol. The van der Waals surface area contributed by atoms with Crippen molar-refractivity contribution in [3.05, 3.63) is 65.6 Å². The van der Waals surface area contributed by atoms with E-state index in [1.165, 1.54) is 0 Å². The predicted octanol–water partition coefficient (Wildman–Crippen LogP) is 4.06. The van der Waals surface area contributed by atoms with Gasteiger partial charge in [-0.1, -0.05) is 30.7 Å². The highest BCUT2D eigenvalue weighted by Gasteiger charge is 2.18. The van der Waals surface area contributed by atoms with E-state index in [2.05, 4.69) is 10.4 Å². The number of carbonyl (C=O) groups is 1. The van der Waals surface area contributed by atoms with Crippen LogP contribution in [0.4, 0.5) is 0 Å². The number of nitrogens with one attached hydrogen (secondary N) is 1. The maximum Gasteiger partial charge on any atom is 0.245 e. The molecule has 2 aromatic heterocycles. The third kappa shape index (κ3) is 3.68. The normalized spacial score (nSPS) is 12.1. The van der Waals surface area contributed by atoms with Crippen LogP contribution in [0.25, 0.3) is 11.3 Å². The van der Waals surface area contributed by atoms with Crippen LogP contribution in [0.3, 0.4) is 0 Å². The summed E-state index contributed by atoms with van der Waals surface area (Å²) in [5.74, 6) is 1.33. The van der Waals surface area contributed by atoms with Crippen molar-refractivity contribution >= 4 is 17.5 Å². The first-order valence-electron chi connectivity index (χ1n) is 7.79. The van der Waals surface area contributed by atoms with Crippen molar-refractivity contribution in [2.24, 2.45) is 0 Å². The molecule has 0 aliphatic heterocycles. The number of rotatable bonds is 6. The Hall–Kier alpha value is -2.53. The van der Waals surface area contributed by atoms with Gasteiger partial charge in [0.1, 0.15) is 17.6 Å². The van der Waals surface area contributed by atoms with Crippen molar-refractivity contribution < 1.29 is 9.21 Å². The van der Waals surface area contributed by atoms with Crippen molar-refractivity contribution in [3.8, 4) is 11.3 Å². The molecule has 5 nitrogen and oxygen atoms in total. The standard InChI is InChI=1S/C18H18ClN3O2/c1-2-16(22-10-4-9-21-22)18(23)20-12-15-7-8-17(24-15)13-5-3-6-14(19)11-13/h3-11,16H,2,12H2,1H3,(H,20,23). The summed E-state index contributed by atoms with van der Waals surface area (Å²) in [4.78, 5) is 12.3. The minimum atomic E-state index is -0.317. The van der Waals surface area contributed by atoms with Crippen molar-refractivity contribution in [2.45, 2.75) is 25.9 Å². The molecular weight excluding hydrogens is 326 g/mol. The number of aromatic nitrogens is 2. The molecule has 0 fully saturated rings. The number of halogens is 1. The van der Waals surface area contributed by atoms with E-state index in [1.807, 2.05) is 43.3 Å². The fourth-order valence-corrected chi connectivity index (χ4v) is 2.71. The van der Waals surface area contributed by atoms with Gasteiger partial charge in [0.05, 0.1) is 6.54 Å². The minimum Gasteiger partial charge on any atom is -0.459 e. The van der Waals surface area contributed by atoms with Gasteiger partial charge in [-0.05, 0) is 36.8 Å². The van der Waals surface area contributed by atoms with Gasteiger partial charge in [0.25, 0.3) is 0 Å². The number of furan rings is 1. The molecule has 0 radical (unpaired) electrons. The molecule has 124 valence electrons. The molecule has 0 aliphatic carbocycles. The predicted molar refractivity (Wildman–Crippen MR) is 92.6 cm³/mol. The van der Waals surface area contributed by atoms with Crippen molar-refractivity contribution in [3.63, 3.8) is 0 Å². The molecule has 1 unspecified atom stereocenters. The molecule has 6 heteroatoms. The van der Waals surface area contributed by atoms with E-state index < -0.39 is 0 Å². The molecule has 1 N–H and O–H groups in total. The summed E-state index contributed by atoms with van der Waals surface area (Å²) in [5.41, 5.74) is 0.906. The molecule has 0 spiro atoms. The fourth-order valence-electron chi connectivity index (χ4n) is 2.52. The van der Waals surface area contributed by atoms with Crippen molar-refractivity contribution in [1.82, 2.24) is 15.1 Å². The highest BCUT2D eigenvalue weighted by Crippen LogP contribution is 2.24. The largest absolute Gasteiger partial charge is 0.459 e. The van der Waals surface area contributed by atoms with Gasteiger partial charge in [-0.3, -0.25) is 9.48 Å². The topological polar surface area (TPSA) is 60.1 Å². The van der Waals surface area contributed by atoms with E-state index in [1.54, 1.807) is 23.1 Å². The lowest BCUT2D eigenvalue weighted by Gasteiger charge is -2.14. The Morgan fingerprint density at radius 1 is 1.33 bits per heavy atom. The van der Waals surface area contributed by atoms with Crippen LogP contribution in [0.2, 0.25) is 5.02 Å². The molecule has 0 saturated carbocycles. The van der Waals surface area contributed by atoms with Gasteiger partial charge in [0.15, 0.2) is 0 Å². The Kier molecular flexibility index (Phi) is 5.01. The number of benzene rings is 1. The maximum absolute atomic E-state index is 12.3. The Morgan fingerprint density at radius 3 is 2.92 bits per heavy atom. The van der Waals surface area contributed by atoms with Crippen LogP contribution in [0.15, 0.2) is 59.3 Å². The van der Waals surface area contributed by atoms with Crippen molar-refractivity contribution in [2.75, 3.05) is 0 Å². The number of amides is 1. The van der Waals surface area contributed by atoms with Crippen LogP contribution in [0.1, 0.15) is 25.1 Å². The molecule has 24 heavy (non-hydrogen) atoms. The van der Waals surface area contributed by atoms with E-state index in [4.69, 9.17) is 16.0 Å². The smallest absolute Gasteiger partial charge is 0.245 e. The molecular formula is C18H18ClN3O2. The quantitative estimate of drug-likeness (QED) is 0.734. The van der Waals surface area contributed by atoms with Crippen LogP contribution in [-0.2, 0) is 11.3 Å². The van der Waals surface area contributed by atoms with Crippen LogP contribution in [-0.4, -0.2) is 15.7 Å². The molecule has 3 aromatic rings. The highest BCUT2D eigenvalue weighted by molar-refractivity contribution is 6.30. The third-order valence-corrected chi connectivity index (χ3v) is 3.98. The molecule has 1 atom stereocenters. The summed E-state index contributed by atoms with van der Waals surface area (Å²) >= 11 is 6.00. The summed E-state index contributed by atoms with van der Waals surface area (Å²) in [7, 11) is 0. The van der Waals surface area contributed by atoms with E-state index in [9.17, 15) is 4.79 Å². The zero-order chi connectivity index (χ0) is 16.9. The Bertz CT molecular complexity index is 811. The Labute approximate surface area is 145 Å². The number of carbonyl (C=O) groups excluding carboxylic acids is 1. The third-order valence-electron chi connectivity index (χ3n) is 3.74. The monoisotopic (exact) mass is 343 g/mol. The van der Waals surface area contributed by atoms with E-state index in [0.29, 0.717) is 23.7 Å². The lowest BCUT2D eigenvalue weighted by molar-refractivity contribution is -0.125. The fraction of sp³-hybridized carbons (Fsp3) is 0.222. The van der Waals surface area contributed by atoms with E-state index in [-0.39, 0.29) is 11.9 Å². The highest BCUT2D eigenvalue weighted by atomic mass is 35.5. The summed E-state index contributed by atoms with van der Waals surface area (Å²) in [6, 6.07) is 12.7.